The number of ether oxygens (including phenoxy) is 1. The van der Waals surface area contributed by atoms with E-state index in [0.29, 0.717) is 0 Å². The van der Waals surface area contributed by atoms with E-state index in [-0.39, 0.29) is 29.1 Å². The Morgan fingerprint density at radius 2 is 1.96 bits per heavy atom. The average Bonchev–Trinajstić information content (AvgIpc) is 2.60. The number of carbonyl (C=O) groups is 3. The van der Waals surface area contributed by atoms with Gasteiger partial charge >= 0.3 is 12.0 Å². The molecule has 0 radical (unpaired) electrons. The SMILES string of the molecule is CCOC(=O)C1=C(C)NC(=O)N(C(=O)C(C)(C)C)C1c1cccc([N+](=O)[O-])c1. The molecular formula is C19H23N3O6. The topological polar surface area (TPSA) is 119 Å². The number of hydrogen-bond donors (Lipinski definition) is 1. The summed E-state index contributed by atoms with van der Waals surface area (Å²) in [5.74, 6) is -1.24. The van der Waals surface area contributed by atoms with Gasteiger partial charge in [-0.1, -0.05) is 32.9 Å². The first kappa shape index (κ1) is 21.1. The first-order valence-electron chi connectivity index (χ1n) is 8.76. The predicted octanol–water partition coefficient (Wildman–Crippen LogP) is 3.07. The van der Waals surface area contributed by atoms with Crippen LogP contribution in [0.3, 0.4) is 0 Å². The van der Waals surface area contributed by atoms with Gasteiger partial charge in [0.05, 0.1) is 17.1 Å². The zero-order valence-electron chi connectivity index (χ0n) is 16.4. The van der Waals surface area contributed by atoms with Gasteiger partial charge in [-0.2, -0.15) is 0 Å². The van der Waals surface area contributed by atoms with Crippen molar-refractivity contribution in [3.8, 4) is 0 Å². The lowest BCUT2D eigenvalue weighted by atomic mass is 9.89. The summed E-state index contributed by atoms with van der Waals surface area (Å²) >= 11 is 0. The first-order chi connectivity index (χ1) is 13.0. The molecule has 0 aliphatic carbocycles. The number of non-ortho nitro benzene ring substituents is 1. The fourth-order valence-corrected chi connectivity index (χ4v) is 2.91. The van der Waals surface area contributed by atoms with Gasteiger partial charge in [-0.25, -0.2) is 9.59 Å². The monoisotopic (exact) mass is 389 g/mol. The van der Waals surface area contributed by atoms with Crippen LogP contribution in [0.2, 0.25) is 0 Å². The zero-order chi connectivity index (χ0) is 21.2. The van der Waals surface area contributed by atoms with Gasteiger partial charge in [0.15, 0.2) is 0 Å². The van der Waals surface area contributed by atoms with Crippen molar-refractivity contribution in [2.75, 3.05) is 6.61 Å². The maximum atomic E-state index is 13.0. The van der Waals surface area contributed by atoms with Crippen LogP contribution in [-0.4, -0.2) is 34.3 Å². The van der Waals surface area contributed by atoms with Crippen molar-refractivity contribution in [3.05, 3.63) is 51.2 Å². The highest BCUT2D eigenvalue weighted by atomic mass is 16.6. The van der Waals surface area contributed by atoms with Crippen molar-refractivity contribution in [3.63, 3.8) is 0 Å². The summed E-state index contributed by atoms with van der Waals surface area (Å²) in [4.78, 5) is 49.9. The van der Waals surface area contributed by atoms with Crippen molar-refractivity contribution >= 4 is 23.6 Å². The predicted molar refractivity (Wildman–Crippen MR) is 100 cm³/mol. The lowest BCUT2D eigenvalue weighted by Crippen LogP contribution is -2.54. The molecule has 0 fully saturated rings. The second-order valence-electron chi connectivity index (χ2n) is 7.37. The van der Waals surface area contributed by atoms with E-state index < -0.39 is 34.3 Å². The summed E-state index contributed by atoms with van der Waals surface area (Å²) in [5.41, 5.74) is -0.588. The normalized spacial score (nSPS) is 17.2. The Hall–Kier alpha value is -3.23. The third-order valence-electron chi connectivity index (χ3n) is 4.20. The number of carbonyl (C=O) groups excluding carboxylic acids is 3. The number of nitrogens with one attached hydrogen (secondary N) is 1. The number of nitro groups is 1. The molecule has 1 aromatic rings. The molecule has 2 rings (SSSR count). The Bertz CT molecular complexity index is 869. The Morgan fingerprint density at radius 3 is 2.50 bits per heavy atom. The van der Waals surface area contributed by atoms with Crippen molar-refractivity contribution < 1.29 is 24.0 Å². The number of benzene rings is 1. The molecule has 9 heteroatoms. The van der Waals surface area contributed by atoms with E-state index in [4.69, 9.17) is 4.74 Å². The zero-order valence-corrected chi connectivity index (χ0v) is 16.4. The highest BCUT2D eigenvalue weighted by Crippen LogP contribution is 2.38. The molecule has 0 bridgehead atoms. The van der Waals surface area contributed by atoms with Gasteiger partial charge in [-0.15, -0.1) is 0 Å². The van der Waals surface area contributed by atoms with Gasteiger partial charge in [0, 0.05) is 23.2 Å². The molecule has 9 nitrogen and oxygen atoms in total. The number of allylic oxidation sites excluding steroid dienone is 1. The molecule has 0 spiro atoms. The number of imide groups is 1. The third-order valence-corrected chi connectivity index (χ3v) is 4.20. The van der Waals surface area contributed by atoms with E-state index in [1.807, 2.05) is 0 Å². The molecule has 1 atom stereocenters. The van der Waals surface area contributed by atoms with Gasteiger partial charge in [0.1, 0.15) is 6.04 Å². The van der Waals surface area contributed by atoms with Gasteiger partial charge in [0.25, 0.3) is 5.69 Å². The molecule has 1 unspecified atom stereocenters. The van der Waals surface area contributed by atoms with Gasteiger partial charge in [-0.05, 0) is 19.4 Å². The lowest BCUT2D eigenvalue weighted by molar-refractivity contribution is -0.384. The van der Waals surface area contributed by atoms with Crippen LogP contribution in [0.1, 0.15) is 46.2 Å². The fraction of sp³-hybridized carbons (Fsp3) is 0.421. The summed E-state index contributed by atoms with van der Waals surface area (Å²) in [5, 5.41) is 13.7. The van der Waals surface area contributed by atoms with Crippen LogP contribution in [0.15, 0.2) is 35.5 Å². The second-order valence-corrected chi connectivity index (χ2v) is 7.37. The number of amides is 3. The van der Waals surface area contributed by atoms with Crippen molar-refractivity contribution in [1.29, 1.82) is 0 Å². The molecule has 0 saturated heterocycles. The van der Waals surface area contributed by atoms with Gasteiger partial charge in [-0.3, -0.25) is 19.8 Å². The summed E-state index contributed by atoms with van der Waals surface area (Å²) in [6, 6.07) is 3.67. The molecule has 28 heavy (non-hydrogen) atoms. The first-order valence-corrected chi connectivity index (χ1v) is 8.76. The number of nitrogens with zero attached hydrogens (tertiary/aromatic N) is 2. The van der Waals surface area contributed by atoms with Crippen molar-refractivity contribution in [2.24, 2.45) is 5.41 Å². The second kappa shape index (κ2) is 7.79. The molecule has 3 amide bonds. The van der Waals surface area contributed by atoms with E-state index in [1.54, 1.807) is 27.7 Å². The maximum absolute atomic E-state index is 13.0. The van der Waals surface area contributed by atoms with Gasteiger partial charge in [0.2, 0.25) is 5.91 Å². The summed E-state index contributed by atoms with van der Waals surface area (Å²) in [6.45, 7) is 8.18. The Labute approximate surface area is 162 Å². The molecule has 1 aromatic carbocycles. The van der Waals surface area contributed by atoms with Crippen LogP contribution >= 0.6 is 0 Å². The standard InChI is InChI=1S/C19H23N3O6/c1-6-28-16(23)14-11(2)20-18(25)21(17(24)19(3,4)5)15(14)12-8-7-9-13(10-12)22(26)27/h7-10,15H,6H2,1-5H3,(H,20,25). The summed E-state index contributed by atoms with van der Waals surface area (Å²) in [7, 11) is 0. The largest absolute Gasteiger partial charge is 0.463 e. The molecule has 1 heterocycles. The highest BCUT2D eigenvalue weighted by molar-refractivity contribution is 6.03. The van der Waals surface area contributed by atoms with Crippen LogP contribution in [0.4, 0.5) is 10.5 Å². The van der Waals surface area contributed by atoms with E-state index >= 15 is 0 Å². The van der Waals surface area contributed by atoms with Crippen LogP contribution in [0, 0.1) is 15.5 Å². The molecule has 0 saturated carbocycles. The maximum Gasteiger partial charge on any atom is 0.338 e. The number of hydrogen-bond acceptors (Lipinski definition) is 6. The van der Waals surface area contributed by atoms with Crippen LogP contribution in [-0.2, 0) is 14.3 Å². The molecule has 150 valence electrons. The highest BCUT2D eigenvalue weighted by Gasteiger charge is 2.45. The Morgan fingerprint density at radius 1 is 1.32 bits per heavy atom. The number of esters is 1. The molecular weight excluding hydrogens is 366 g/mol. The smallest absolute Gasteiger partial charge is 0.338 e. The quantitative estimate of drug-likeness (QED) is 0.480. The fourth-order valence-electron chi connectivity index (χ4n) is 2.91. The minimum atomic E-state index is -1.14. The van der Waals surface area contributed by atoms with E-state index in [2.05, 4.69) is 5.32 Å². The Balaban J connectivity index is 2.73. The average molecular weight is 389 g/mol. The van der Waals surface area contributed by atoms with Crippen LogP contribution in [0.5, 0.6) is 0 Å². The van der Waals surface area contributed by atoms with Gasteiger partial charge < -0.3 is 10.1 Å². The number of nitro benzene ring substituents is 1. The summed E-state index contributed by atoms with van der Waals surface area (Å²) < 4.78 is 5.11. The molecule has 1 aliphatic heterocycles. The van der Waals surface area contributed by atoms with Crippen LogP contribution in [0.25, 0.3) is 0 Å². The van der Waals surface area contributed by atoms with Crippen LogP contribution < -0.4 is 5.32 Å². The van der Waals surface area contributed by atoms with E-state index in [9.17, 15) is 24.5 Å². The van der Waals surface area contributed by atoms with Crippen molar-refractivity contribution in [2.45, 2.75) is 40.7 Å². The molecule has 1 N–H and O–H groups in total. The minimum Gasteiger partial charge on any atom is -0.463 e. The Kier molecular flexibility index (Phi) is 5.86. The molecule has 1 aliphatic rings. The van der Waals surface area contributed by atoms with Crippen molar-refractivity contribution in [1.82, 2.24) is 10.2 Å². The lowest BCUT2D eigenvalue weighted by Gasteiger charge is -2.39. The summed E-state index contributed by atoms with van der Waals surface area (Å²) in [6.07, 6.45) is 0. The number of rotatable bonds is 4. The van der Waals surface area contributed by atoms with E-state index in [1.165, 1.54) is 31.2 Å². The minimum absolute atomic E-state index is 0.0551. The number of urea groups is 1. The molecule has 0 aromatic heterocycles. The van der Waals surface area contributed by atoms with E-state index in [0.717, 1.165) is 4.90 Å². The third kappa shape index (κ3) is 4.03.